The van der Waals surface area contributed by atoms with E-state index >= 15 is 0 Å². The SMILES string of the molecule is Cc1cc(CNC(C)c2cccc(F)c2)c(C)s1. The molecule has 1 atom stereocenters. The molecular formula is C15H18FNS. The van der Waals surface area contributed by atoms with Gasteiger partial charge in [-0.1, -0.05) is 12.1 Å². The Hall–Kier alpha value is -1.19. The molecule has 2 rings (SSSR count). The Morgan fingerprint density at radius 3 is 2.67 bits per heavy atom. The van der Waals surface area contributed by atoms with E-state index in [0.717, 1.165) is 12.1 Å². The van der Waals surface area contributed by atoms with Crippen LogP contribution in [0.2, 0.25) is 0 Å². The Labute approximate surface area is 112 Å². The first-order valence-corrected chi connectivity index (χ1v) is 6.92. The molecule has 1 aromatic carbocycles. The highest BCUT2D eigenvalue weighted by molar-refractivity contribution is 7.12. The number of rotatable bonds is 4. The zero-order chi connectivity index (χ0) is 13.1. The van der Waals surface area contributed by atoms with E-state index in [2.05, 4.69) is 32.2 Å². The van der Waals surface area contributed by atoms with Crippen molar-refractivity contribution < 1.29 is 4.39 Å². The zero-order valence-electron chi connectivity index (χ0n) is 11.0. The Kier molecular flexibility index (Phi) is 4.15. The molecule has 0 radical (unpaired) electrons. The second kappa shape index (κ2) is 5.63. The predicted molar refractivity (Wildman–Crippen MR) is 75.4 cm³/mol. The molecule has 1 N–H and O–H groups in total. The summed E-state index contributed by atoms with van der Waals surface area (Å²) < 4.78 is 13.1. The van der Waals surface area contributed by atoms with Gasteiger partial charge >= 0.3 is 0 Å². The maximum absolute atomic E-state index is 13.1. The van der Waals surface area contributed by atoms with E-state index in [1.165, 1.54) is 21.4 Å². The Morgan fingerprint density at radius 1 is 1.28 bits per heavy atom. The third kappa shape index (κ3) is 3.18. The van der Waals surface area contributed by atoms with Gasteiger partial charge < -0.3 is 5.32 Å². The number of halogens is 1. The highest BCUT2D eigenvalue weighted by atomic mass is 32.1. The second-order valence-electron chi connectivity index (χ2n) is 4.60. The fourth-order valence-corrected chi connectivity index (χ4v) is 2.96. The van der Waals surface area contributed by atoms with Crippen molar-refractivity contribution in [2.75, 3.05) is 0 Å². The summed E-state index contributed by atoms with van der Waals surface area (Å²) in [6.07, 6.45) is 0. The van der Waals surface area contributed by atoms with Gasteiger partial charge in [0.05, 0.1) is 0 Å². The standard InChI is InChI=1S/C15H18FNS/c1-10-7-14(12(3)18-10)9-17-11(2)13-5-4-6-15(16)8-13/h4-8,11,17H,9H2,1-3H3. The maximum Gasteiger partial charge on any atom is 0.123 e. The molecule has 0 aliphatic carbocycles. The molecule has 1 nitrogen and oxygen atoms in total. The molecule has 1 aromatic heterocycles. The number of nitrogens with one attached hydrogen (secondary N) is 1. The van der Waals surface area contributed by atoms with Crippen molar-refractivity contribution in [3.05, 3.63) is 57.0 Å². The van der Waals surface area contributed by atoms with Gasteiger partial charge in [0.1, 0.15) is 5.82 Å². The summed E-state index contributed by atoms with van der Waals surface area (Å²) in [7, 11) is 0. The molecule has 0 saturated heterocycles. The molecule has 0 amide bonds. The average Bonchev–Trinajstić information content (AvgIpc) is 2.65. The molecule has 3 heteroatoms. The van der Waals surface area contributed by atoms with Gasteiger partial charge in [0.15, 0.2) is 0 Å². The minimum absolute atomic E-state index is 0.153. The number of hydrogen-bond donors (Lipinski definition) is 1. The Morgan fingerprint density at radius 2 is 2.06 bits per heavy atom. The lowest BCUT2D eigenvalue weighted by atomic mass is 10.1. The lowest BCUT2D eigenvalue weighted by Crippen LogP contribution is -2.18. The van der Waals surface area contributed by atoms with E-state index in [1.54, 1.807) is 12.1 Å². The van der Waals surface area contributed by atoms with Gasteiger partial charge in [-0.2, -0.15) is 0 Å². The van der Waals surface area contributed by atoms with E-state index in [4.69, 9.17) is 0 Å². The maximum atomic E-state index is 13.1. The molecule has 18 heavy (non-hydrogen) atoms. The summed E-state index contributed by atoms with van der Waals surface area (Å²) in [6, 6.07) is 9.13. The third-order valence-corrected chi connectivity index (χ3v) is 4.10. The van der Waals surface area contributed by atoms with Crippen LogP contribution in [0.5, 0.6) is 0 Å². The van der Waals surface area contributed by atoms with E-state index < -0.39 is 0 Å². The molecule has 0 fully saturated rings. The molecule has 2 aromatic rings. The Balaban J connectivity index is 2.00. The lowest BCUT2D eigenvalue weighted by Gasteiger charge is -2.14. The first-order chi connectivity index (χ1) is 8.56. The largest absolute Gasteiger partial charge is 0.306 e. The van der Waals surface area contributed by atoms with Crippen molar-refractivity contribution in [2.24, 2.45) is 0 Å². The van der Waals surface area contributed by atoms with Gasteiger partial charge in [0, 0.05) is 22.3 Å². The lowest BCUT2D eigenvalue weighted by molar-refractivity contribution is 0.565. The van der Waals surface area contributed by atoms with Crippen LogP contribution in [0.3, 0.4) is 0 Å². The van der Waals surface area contributed by atoms with E-state index in [1.807, 2.05) is 17.4 Å². The summed E-state index contributed by atoms with van der Waals surface area (Å²) in [4.78, 5) is 2.69. The fourth-order valence-electron chi connectivity index (χ4n) is 2.02. The first-order valence-electron chi connectivity index (χ1n) is 6.11. The van der Waals surface area contributed by atoms with E-state index in [9.17, 15) is 4.39 Å². The first kappa shape index (κ1) is 13.2. The zero-order valence-corrected chi connectivity index (χ0v) is 11.8. The summed E-state index contributed by atoms with van der Waals surface area (Å²) in [5, 5.41) is 3.44. The summed E-state index contributed by atoms with van der Waals surface area (Å²) in [5.41, 5.74) is 2.32. The number of thiophene rings is 1. The quantitative estimate of drug-likeness (QED) is 0.864. The minimum Gasteiger partial charge on any atom is -0.306 e. The van der Waals surface area contributed by atoms with Crippen LogP contribution in [0.4, 0.5) is 4.39 Å². The predicted octanol–water partition coefficient (Wildman–Crippen LogP) is 4.35. The normalized spacial score (nSPS) is 12.7. The molecule has 0 saturated carbocycles. The van der Waals surface area contributed by atoms with Gasteiger partial charge in [-0.25, -0.2) is 4.39 Å². The van der Waals surface area contributed by atoms with Crippen LogP contribution in [-0.2, 0) is 6.54 Å². The highest BCUT2D eigenvalue weighted by Crippen LogP contribution is 2.21. The van der Waals surface area contributed by atoms with Gasteiger partial charge in [-0.3, -0.25) is 0 Å². The van der Waals surface area contributed by atoms with Gasteiger partial charge in [0.2, 0.25) is 0 Å². The van der Waals surface area contributed by atoms with Crippen molar-refractivity contribution in [3.63, 3.8) is 0 Å². The monoisotopic (exact) mass is 263 g/mol. The second-order valence-corrected chi connectivity index (χ2v) is 6.06. The Bertz CT molecular complexity index is 533. The highest BCUT2D eigenvalue weighted by Gasteiger charge is 2.08. The number of aryl methyl sites for hydroxylation is 2. The molecule has 0 bridgehead atoms. The topological polar surface area (TPSA) is 12.0 Å². The van der Waals surface area contributed by atoms with Gasteiger partial charge in [-0.05, 0) is 50.1 Å². The van der Waals surface area contributed by atoms with Crippen molar-refractivity contribution >= 4 is 11.3 Å². The minimum atomic E-state index is -0.177. The van der Waals surface area contributed by atoms with Crippen LogP contribution in [0.15, 0.2) is 30.3 Å². The molecule has 0 spiro atoms. The molecule has 0 aliphatic rings. The molecule has 96 valence electrons. The van der Waals surface area contributed by atoms with Gasteiger partial charge in [-0.15, -0.1) is 11.3 Å². The number of hydrogen-bond acceptors (Lipinski definition) is 2. The number of benzene rings is 1. The fraction of sp³-hybridized carbons (Fsp3) is 0.333. The van der Waals surface area contributed by atoms with Gasteiger partial charge in [0.25, 0.3) is 0 Å². The molecule has 1 unspecified atom stereocenters. The summed E-state index contributed by atoms with van der Waals surface area (Å²) >= 11 is 1.82. The third-order valence-electron chi connectivity index (χ3n) is 3.09. The van der Waals surface area contributed by atoms with Crippen molar-refractivity contribution in [3.8, 4) is 0 Å². The summed E-state index contributed by atoms with van der Waals surface area (Å²) in [6.45, 7) is 7.15. The molecular weight excluding hydrogens is 245 g/mol. The average molecular weight is 263 g/mol. The van der Waals surface area contributed by atoms with E-state index in [0.29, 0.717) is 0 Å². The molecule has 0 aliphatic heterocycles. The molecule has 1 heterocycles. The van der Waals surface area contributed by atoms with Crippen LogP contribution >= 0.6 is 11.3 Å². The van der Waals surface area contributed by atoms with Crippen LogP contribution in [0, 0.1) is 19.7 Å². The van der Waals surface area contributed by atoms with Crippen molar-refractivity contribution in [1.82, 2.24) is 5.32 Å². The van der Waals surface area contributed by atoms with Crippen LogP contribution < -0.4 is 5.32 Å². The smallest absolute Gasteiger partial charge is 0.123 e. The van der Waals surface area contributed by atoms with Crippen molar-refractivity contribution in [1.29, 1.82) is 0 Å². The van der Waals surface area contributed by atoms with Crippen LogP contribution in [-0.4, -0.2) is 0 Å². The van der Waals surface area contributed by atoms with Crippen molar-refractivity contribution in [2.45, 2.75) is 33.4 Å². The summed E-state index contributed by atoms with van der Waals surface area (Å²) in [5.74, 6) is -0.177. The van der Waals surface area contributed by atoms with E-state index in [-0.39, 0.29) is 11.9 Å². The van der Waals surface area contributed by atoms with Crippen LogP contribution in [0.1, 0.15) is 33.8 Å². The van der Waals surface area contributed by atoms with Crippen LogP contribution in [0.25, 0.3) is 0 Å².